The number of thiazole rings is 1. The van der Waals surface area contributed by atoms with Gasteiger partial charge in [-0.25, -0.2) is 4.98 Å². The normalized spacial score (nSPS) is 17.7. The predicted octanol–water partition coefficient (Wildman–Crippen LogP) is 2.51. The van der Waals surface area contributed by atoms with Gasteiger partial charge in [-0.2, -0.15) is 0 Å². The molecule has 6 nitrogen and oxygen atoms in total. The van der Waals surface area contributed by atoms with Crippen LogP contribution in [-0.2, 0) is 4.79 Å². The molecule has 3 rings (SSSR count). The number of thioether (sulfide) groups is 1. The number of rotatable bonds is 3. The second kappa shape index (κ2) is 6.13. The molecule has 1 N–H and O–H groups in total. The highest BCUT2D eigenvalue weighted by Crippen LogP contribution is 2.25. The molecule has 0 saturated carbocycles. The molecule has 1 aliphatic rings. The lowest BCUT2D eigenvalue weighted by Crippen LogP contribution is -2.44. The molecule has 1 atom stereocenters. The number of hydrogen-bond donors (Lipinski definition) is 1. The van der Waals surface area contributed by atoms with E-state index >= 15 is 0 Å². The van der Waals surface area contributed by atoms with Crippen molar-refractivity contribution in [1.29, 1.82) is 0 Å². The molecule has 1 unspecified atom stereocenters. The first-order valence-electron chi connectivity index (χ1n) is 6.73. The molecule has 0 aliphatic carbocycles. The first kappa shape index (κ1) is 15.1. The van der Waals surface area contributed by atoms with Gasteiger partial charge in [0.1, 0.15) is 11.8 Å². The third-order valence-electron chi connectivity index (χ3n) is 3.25. The van der Waals surface area contributed by atoms with Crippen LogP contribution < -0.4 is 5.32 Å². The van der Waals surface area contributed by atoms with E-state index in [0.717, 1.165) is 4.88 Å². The quantitative estimate of drug-likeness (QED) is 0.931. The van der Waals surface area contributed by atoms with Gasteiger partial charge in [0.25, 0.3) is 5.91 Å². The molecule has 22 heavy (non-hydrogen) atoms. The van der Waals surface area contributed by atoms with Crippen LogP contribution in [0.4, 0.5) is 5.13 Å². The van der Waals surface area contributed by atoms with Crippen LogP contribution in [0.3, 0.4) is 0 Å². The molecule has 0 radical (unpaired) electrons. The number of carbonyl (C=O) groups is 2. The molecule has 2 aromatic heterocycles. The Labute approximate surface area is 135 Å². The summed E-state index contributed by atoms with van der Waals surface area (Å²) >= 11 is 2.96. The minimum absolute atomic E-state index is 0.212. The number of hydrogen-bond acceptors (Lipinski definition) is 6. The van der Waals surface area contributed by atoms with Crippen LogP contribution in [0.5, 0.6) is 0 Å². The van der Waals surface area contributed by atoms with Crippen molar-refractivity contribution < 1.29 is 14.0 Å². The zero-order chi connectivity index (χ0) is 15.7. The highest BCUT2D eigenvalue weighted by Gasteiger charge is 2.36. The van der Waals surface area contributed by atoms with Gasteiger partial charge < -0.3 is 14.6 Å². The smallest absolute Gasteiger partial charge is 0.290 e. The van der Waals surface area contributed by atoms with Crippen LogP contribution in [0.1, 0.15) is 21.2 Å². The Morgan fingerprint density at radius 2 is 2.23 bits per heavy atom. The fourth-order valence-electron chi connectivity index (χ4n) is 2.15. The van der Waals surface area contributed by atoms with Crippen molar-refractivity contribution >= 4 is 40.0 Å². The summed E-state index contributed by atoms with van der Waals surface area (Å²) in [6.07, 6.45) is 1.71. The van der Waals surface area contributed by atoms with Crippen LogP contribution in [0.2, 0.25) is 0 Å². The number of nitrogens with one attached hydrogen (secondary N) is 1. The first-order valence-corrected chi connectivity index (χ1v) is 8.70. The fourth-order valence-corrected chi connectivity index (χ4v) is 3.97. The largest absolute Gasteiger partial charge is 0.456 e. The van der Waals surface area contributed by atoms with Gasteiger partial charge in [0.15, 0.2) is 10.9 Å². The van der Waals surface area contributed by atoms with Crippen LogP contribution in [0, 0.1) is 13.8 Å². The number of amides is 2. The fraction of sp³-hybridized carbons (Fsp3) is 0.357. The second-order valence-corrected chi connectivity index (χ2v) is 7.20. The third-order valence-corrected chi connectivity index (χ3v) is 5.09. The Balaban J connectivity index is 1.72. The van der Waals surface area contributed by atoms with Crippen LogP contribution in [0.25, 0.3) is 0 Å². The summed E-state index contributed by atoms with van der Waals surface area (Å²) in [5.74, 6) is 1.52. The van der Waals surface area contributed by atoms with Gasteiger partial charge in [-0.15, -0.1) is 23.1 Å². The van der Waals surface area contributed by atoms with Gasteiger partial charge in [-0.05, 0) is 26.0 Å². The number of aryl methyl sites for hydroxylation is 2. The first-order chi connectivity index (χ1) is 10.5. The van der Waals surface area contributed by atoms with Crippen molar-refractivity contribution in [3.63, 3.8) is 0 Å². The summed E-state index contributed by atoms with van der Waals surface area (Å²) in [5.41, 5.74) is 0. The minimum atomic E-state index is -0.507. The van der Waals surface area contributed by atoms with E-state index in [9.17, 15) is 9.59 Å². The number of carbonyl (C=O) groups excluding carboxylic acids is 2. The van der Waals surface area contributed by atoms with Crippen LogP contribution >= 0.6 is 23.1 Å². The molecule has 116 valence electrons. The summed E-state index contributed by atoms with van der Waals surface area (Å²) in [4.78, 5) is 31.5. The van der Waals surface area contributed by atoms with E-state index < -0.39 is 6.04 Å². The molecule has 3 heterocycles. The average molecular weight is 337 g/mol. The minimum Gasteiger partial charge on any atom is -0.456 e. The molecule has 1 aliphatic heterocycles. The van der Waals surface area contributed by atoms with Crippen LogP contribution in [0.15, 0.2) is 22.7 Å². The van der Waals surface area contributed by atoms with E-state index in [1.807, 2.05) is 6.92 Å². The number of furan rings is 1. The summed E-state index contributed by atoms with van der Waals surface area (Å²) in [6, 6.07) is 2.87. The maximum atomic E-state index is 12.5. The standard InChI is InChI=1S/C14H15N3O3S2/c1-8-3-4-11(20-8)13(19)17-7-21-6-10(17)12(18)16-14-15-5-9(2)22-14/h3-5,10H,6-7H2,1-2H3,(H,15,16,18). The van der Waals surface area contributed by atoms with E-state index in [-0.39, 0.29) is 17.6 Å². The Morgan fingerprint density at radius 1 is 1.41 bits per heavy atom. The Bertz CT molecular complexity index is 710. The number of nitrogens with zero attached hydrogens (tertiary/aromatic N) is 2. The lowest BCUT2D eigenvalue weighted by molar-refractivity contribution is -0.119. The van der Waals surface area contributed by atoms with Gasteiger partial charge in [0, 0.05) is 16.8 Å². The molecular weight excluding hydrogens is 322 g/mol. The molecule has 8 heteroatoms. The average Bonchev–Trinajstić information content (AvgIpc) is 3.19. The van der Waals surface area contributed by atoms with E-state index in [2.05, 4.69) is 10.3 Å². The van der Waals surface area contributed by atoms with Crippen molar-refractivity contribution in [2.45, 2.75) is 19.9 Å². The van der Waals surface area contributed by atoms with Crippen molar-refractivity contribution in [2.75, 3.05) is 16.9 Å². The van der Waals surface area contributed by atoms with Crippen molar-refractivity contribution in [3.8, 4) is 0 Å². The van der Waals surface area contributed by atoms with Crippen molar-refractivity contribution in [3.05, 3.63) is 34.7 Å². The van der Waals surface area contributed by atoms with Gasteiger partial charge in [0.05, 0.1) is 5.88 Å². The highest BCUT2D eigenvalue weighted by molar-refractivity contribution is 7.99. The monoisotopic (exact) mass is 337 g/mol. The van der Waals surface area contributed by atoms with Crippen molar-refractivity contribution in [1.82, 2.24) is 9.88 Å². The molecule has 0 bridgehead atoms. The molecular formula is C14H15N3O3S2. The maximum absolute atomic E-state index is 12.5. The SMILES string of the molecule is Cc1ccc(C(=O)N2CSCC2C(=O)Nc2ncc(C)s2)o1. The molecule has 0 spiro atoms. The lowest BCUT2D eigenvalue weighted by atomic mass is 10.2. The molecule has 0 aromatic carbocycles. The van der Waals surface area contributed by atoms with Crippen LogP contribution in [-0.4, -0.2) is 39.4 Å². The van der Waals surface area contributed by atoms with Crippen molar-refractivity contribution in [2.24, 2.45) is 0 Å². The second-order valence-electron chi connectivity index (χ2n) is 4.97. The van der Waals surface area contributed by atoms with E-state index in [0.29, 0.717) is 22.5 Å². The zero-order valence-electron chi connectivity index (χ0n) is 12.2. The Hall–Kier alpha value is -1.80. The third kappa shape index (κ3) is 3.02. The maximum Gasteiger partial charge on any atom is 0.290 e. The summed E-state index contributed by atoms with van der Waals surface area (Å²) in [7, 11) is 0. The molecule has 2 aromatic rings. The highest BCUT2D eigenvalue weighted by atomic mass is 32.2. The van der Waals surface area contributed by atoms with E-state index in [1.54, 1.807) is 41.9 Å². The Kier molecular flexibility index (Phi) is 4.21. The topological polar surface area (TPSA) is 75.4 Å². The van der Waals surface area contributed by atoms with E-state index in [1.165, 1.54) is 11.3 Å². The number of anilines is 1. The molecule has 1 fully saturated rings. The Morgan fingerprint density at radius 3 is 2.86 bits per heavy atom. The van der Waals surface area contributed by atoms with Gasteiger partial charge in [-0.3, -0.25) is 9.59 Å². The number of aromatic nitrogens is 1. The molecule has 1 saturated heterocycles. The summed E-state index contributed by atoms with van der Waals surface area (Å²) in [6.45, 7) is 3.71. The van der Waals surface area contributed by atoms with E-state index in [4.69, 9.17) is 4.42 Å². The summed E-state index contributed by atoms with van der Waals surface area (Å²) in [5, 5.41) is 3.33. The van der Waals surface area contributed by atoms with Gasteiger partial charge in [-0.1, -0.05) is 0 Å². The van der Waals surface area contributed by atoms with Gasteiger partial charge in [0.2, 0.25) is 5.91 Å². The lowest BCUT2D eigenvalue weighted by Gasteiger charge is -2.21. The molecule has 2 amide bonds. The summed E-state index contributed by atoms with van der Waals surface area (Å²) < 4.78 is 5.36. The zero-order valence-corrected chi connectivity index (χ0v) is 13.8. The van der Waals surface area contributed by atoms with Gasteiger partial charge >= 0.3 is 0 Å². The predicted molar refractivity (Wildman–Crippen MR) is 86.2 cm³/mol.